The summed E-state index contributed by atoms with van der Waals surface area (Å²) in [6.07, 6.45) is 61.2. The van der Waals surface area contributed by atoms with E-state index >= 15 is 0 Å². The fourth-order valence-corrected chi connectivity index (χ4v) is 11.4. The third-order valence-corrected chi connectivity index (χ3v) is 17.0. The van der Waals surface area contributed by atoms with Gasteiger partial charge >= 0.3 is 0 Å². The van der Waals surface area contributed by atoms with Crippen molar-refractivity contribution in [2.75, 3.05) is 13.2 Å². The number of hydrogen-bond acceptors (Lipinski definition) is 10. The van der Waals surface area contributed by atoms with Crippen LogP contribution >= 0.6 is 0 Å². The number of rotatable bonds is 61. The molecule has 1 amide bonds. The Labute approximate surface area is 493 Å². The topological polar surface area (TPSA) is 189 Å². The maximum absolute atomic E-state index is 13.2. The Hall–Kier alpha value is -1.41. The summed E-state index contributed by atoms with van der Waals surface area (Å²) >= 11 is 0. The number of nitrogens with one attached hydrogen (secondary N) is 1. The molecule has 1 rings (SSSR count). The summed E-state index contributed by atoms with van der Waals surface area (Å²) in [6.45, 7) is 3.50. The van der Waals surface area contributed by atoms with Crippen molar-refractivity contribution in [3.63, 3.8) is 0 Å². The van der Waals surface area contributed by atoms with Crippen molar-refractivity contribution in [3.05, 3.63) is 24.3 Å². The molecule has 9 unspecified atom stereocenters. The van der Waals surface area contributed by atoms with E-state index in [1.54, 1.807) is 0 Å². The van der Waals surface area contributed by atoms with Gasteiger partial charge in [-0.1, -0.05) is 301 Å². The molecule has 0 aromatic rings. The normalized spacial score (nSPS) is 19.3. The molecule has 1 saturated heterocycles. The smallest absolute Gasteiger partial charge is 0.249 e. The van der Waals surface area contributed by atoms with E-state index in [1.807, 2.05) is 0 Å². The van der Waals surface area contributed by atoms with Crippen LogP contribution in [0.15, 0.2) is 24.3 Å². The van der Waals surface area contributed by atoms with Crippen molar-refractivity contribution in [1.29, 1.82) is 0 Å². The lowest BCUT2D eigenvalue weighted by atomic mass is 9.98. The molecule has 0 radical (unpaired) electrons. The number of amides is 1. The summed E-state index contributed by atoms with van der Waals surface area (Å²) in [7, 11) is 0. The van der Waals surface area contributed by atoms with Gasteiger partial charge in [0.15, 0.2) is 6.29 Å². The highest BCUT2D eigenvalue weighted by Gasteiger charge is 2.44. The Morgan fingerprint density at radius 1 is 0.425 bits per heavy atom. The quantitative estimate of drug-likeness (QED) is 0.0215. The first-order valence-corrected chi connectivity index (χ1v) is 34.7. The van der Waals surface area contributed by atoms with Crippen LogP contribution in [0, 0.1) is 0 Å². The van der Waals surface area contributed by atoms with Crippen molar-refractivity contribution in [3.8, 4) is 0 Å². The largest absolute Gasteiger partial charge is 0.394 e. The van der Waals surface area contributed by atoms with Gasteiger partial charge in [0.1, 0.15) is 36.6 Å². The first kappa shape index (κ1) is 76.6. The Bertz CT molecular complexity index is 1350. The highest BCUT2D eigenvalue weighted by molar-refractivity contribution is 5.80. The summed E-state index contributed by atoms with van der Waals surface area (Å²) in [5.41, 5.74) is 0. The van der Waals surface area contributed by atoms with Crippen LogP contribution in [0.5, 0.6) is 0 Å². The van der Waals surface area contributed by atoms with E-state index in [9.17, 15) is 40.5 Å². The van der Waals surface area contributed by atoms with Crippen LogP contribution in [0.3, 0.4) is 0 Å². The first-order valence-electron chi connectivity index (χ1n) is 34.7. The predicted molar refractivity (Wildman–Crippen MR) is 335 cm³/mol. The van der Waals surface area contributed by atoms with Gasteiger partial charge in [-0.3, -0.25) is 4.79 Å². The van der Waals surface area contributed by atoms with Gasteiger partial charge in [0.05, 0.1) is 25.4 Å². The minimum atomic E-state index is -1.67. The summed E-state index contributed by atoms with van der Waals surface area (Å²) in [5.74, 6) is -0.700. The van der Waals surface area contributed by atoms with Gasteiger partial charge in [0.2, 0.25) is 5.91 Å². The van der Waals surface area contributed by atoms with Gasteiger partial charge in [-0.2, -0.15) is 0 Å². The number of aliphatic hydroxyl groups excluding tert-OH is 7. The lowest BCUT2D eigenvalue weighted by molar-refractivity contribution is -0.303. The van der Waals surface area contributed by atoms with Crippen molar-refractivity contribution in [2.45, 2.75) is 396 Å². The zero-order valence-electron chi connectivity index (χ0n) is 52.3. The van der Waals surface area contributed by atoms with Crippen LogP contribution in [0.1, 0.15) is 341 Å². The summed E-state index contributed by atoms with van der Waals surface area (Å²) < 4.78 is 11.2. The van der Waals surface area contributed by atoms with Crippen LogP contribution in [-0.2, 0) is 14.3 Å². The van der Waals surface area contributed by atoms with Gasteiger partial charge < -0.3 is 50.5 Å². The molecule has 474 valence electrons. The molecule has 1 aliphatic rings. The van der Waals surface area contributed by atoms with Crippen molar-refractivity contribution >= 4 is 5.91 Å². The van der Waals surface area contributed by atoms with E-state index in [0.29, 0.717) is 12.8 Å². The molecule has 1 fully saturated rings. The summed E-state index contributed by atoms with van der Waals surface area (Å²) in [5, 5.41) is 76.4. The fourth-order valence-electron chi connectivity index (χ4n) is 11.4. The fraction of sp³-hybridized carbons (Fsp3) is 0.928. The minimum absolute atomic E-state index is 0.257. The molecular formula is C69H133NO10. The number of carbonyl (C=O) groups is 1. The molecule has 1 heterocycles. The van der Waals surface area contributed by atoms with Crippen LogP contribution in [0.25, 0.3) is 0 Å². The van der Waals surface area contributed by atoms with Crippen LogP contribution < -0.4 is 5.32 Å². The zero-order valence-corrected chi connectivity index (χ0v) is 52.3. The molecule has 11 nitrogen and oxygen atoms in total. The molecule has 0 spiro atoms. The maximum atomic E-state index is 13.2. The Balaban J connectivity index is 2.20. The van der Waals surface area contributed by atoms with E-state index in [-0.39, 0.29) is 12.8 Å². The second-order valence-electron chi connectivity index (χ2n) is 24.6. The predicted octanol–water partition coefficient (Wildman–Crippen LogP) is 16.4. The highest BCUT2D eigenvalue weighted by Crippen LogP contribution is 2.24. The van der Waals surface area contributed by atoms with Gasteiger partial charge in [-0.15, -0.1) is 0 Å². The Morgan fingerprint density at radius 2 is 0.738 bits per heavy atom. The number of hydrogen-bond donors (Lipinski definition) is 8. The van der Waals surface area contributed by atoms with Crippen molar-refractivity contribution < 1.29 is 50.0 Å². The van der Waals surface area contributed by atoms with E-state index in [1.165, 1.54) is 263 Å². The number of allylic oxidation sites excluding steroid dienone is 4. The second kappa shape index (κ2) is 58.0. The molecule has 0 aromatic carbocycles. The summed E-state index contributed by atoms with van der Waals surface area (Å²) in [4.78, 5) is 13.2. The van der Waals surface area contributed by atoms with Crippen LogP contribution in [0.2, 0.25) is 0 Å². The molecule has 80 heavy (non-hydrogen) atoms. The average Bonchev–Trinajstić information content (AvgIpc) is 3.46. The standard InChI is InChI=1S/C69H133NO10/c1-3-5-7-9-11-13-15-17-19-21-23-25-27-28-29-30-31-32-33-34-35-37-39-41-43-45-47-49-51-53-55-57-62(73)68(78)70-60(59-79-69-67(77)66(76)65(75)63(58-71)80-69)64(74)61(72)56-54-52-50-48-46-44-42-40-38-36-26-24-22-20-18-16-14-12-10-8-6-4-2/h28-29,48,50,60-67,69,71-77H,3-27,30-47,49,51-59H2,1-2H3,(H,70,78)/b29-28-,50-48+. The highest BCUT2D eigenvalue weighted by atomic mass is 16.7. The monoisotopic (exact) mass is 1140 g/mol. The van der Waals surface area contributed by atoms with Gasteiger partial charge in [-0.25, -0.2) is 0 Å². The molecule has 0 aromatic heterocycles. The van der Waals surface area contributed by atoms with Gasteiger partial charge in [0, 0.05) is 0 Å². The molecule has 1 aliphatic heterocycles. The lowest BCUT2D eigenvalue weighted by Crippen LogP contribution is -2.60. The number of unbranched alkanes of at least 4 members (excludes halogenated alkanes) is 45. The molecule has 0 aliphatic carbocycles. The van der Waals surface area contributed by atoms with Crippen LogP contribution in [0.4, 0.5) is 0 Å². The molecule has 8 N–H and O–H groups in total. The third kappa shape index (κ3) is 45.0. The van der Waals surface area contributed by atoms with E-state index < -0.39 is 74.2 Å². The van der Waals surface area contributed by atoms with Crippen LogP contribution in [-0.4, -0.2) is 110 Å². The molecule has 11 heteroatoms. The lowest BCUT2D eigenvalue weighted by Gasteiger charge is -2.40. The molecule has 9 atom stereocenters. The average molecular weight is 1140 g/mol. The summed E-state index contributed by atoms with van der Waals surface area (Å²) in [6, 6.07) is -1.18. The number of aliphatic hydroxyl groups is 7. The Kier molecular flexibility index (Phi) is 55.5. The van der Waals surface area contributed by atoms with Gasteiger partial charge in [0.25, 0.3) is 0 Å². The van der Waals surface area contributed by atoms with E-state index in [0.717, 1.165) is 38.5 Å². The van der Waals surface area contributed by atoms with Gasteiger partial charge in [-0.05, 0) is 64.2 Å². The number of ether oxygens (including phenoxy) is 2. The second-order valence-corrected chi connectivity index (χ2v) is 24.6. The van der Waals surface area contributed by atoms with E-state index in [4.69, 9.17) is 9.47 Å². The molecule has 0 bridgehead atoms. The first-order chi connectivity index (χ1) is 39.2. The SMILES string of the molecule is CCCCCCCCCCCCCC/C=C\CCCCCCCCCCCCCCCCCC(O)C(=O)NC(COC1OC(CO)C(O)C(O)C1O)C(O)C(O)CCC/C=C/CCCCCCCCCCCCCCCCCCC. The molecule has 0 saturated carbocycles. The van der Waals surface area contributed by atoms with Crippen molar-refractivity contribution in [2.24, 2.45) is 0 Å². The third-order valence-electron chi connectivity index (χ3n) is 17.0. The zero-order chi connectivity index (χ0) is 58.2. The Morgan fingerprint density at radius 3 is 1.07 bits per heavy atom. The minimum Gasteiger partial charge on any atom is -0.394 e. The maximum Gasteiger partial charge on any atom is 0.249 e. The van der Waals surface area contributed by atoms with Crippen molar-refractivity contribution in [1.82, 2.24) is 5.32 Å². The molecular weight excluding hydrogens is 1000 g/mol. The van der Waals surface area contributed by atoms with E-state index in [2.05, 4.69) is 43.5 Å². The number of carbonyl (C=O) groups excluding carboxylic acids is 1.